The zero-order chi connectivity index (χ0) is 8.10. The first-order valence-electron chi connectivity index (χ1n) is 3.55. The molecule has 2 nitrogen and oxygen atoms in total. The lowest BCUT2D eigenvalue weighted by atomic mass is 10.3. The molecule has 0 aliphatic heterocycles. The van der Waals surface area contributed by atoms with Crippen LogP contribution >= 0.6 is 0 Å². The first kappa shape index (κ1) is 7.90. The molecule has 0 saturated carbocycles. The van der Waals surface area contributed by atoms with E-state index < -0.39 is 0 Å². The summed E-state index contributed by atoms with van der Waals surface area (Å²) in [4.78, 5) is 0. The van der Waals surface area contributed by atoms with Gasteiger partial charge in [0, 0.05) is 0 Å². The summed E-state index contributed by atoms with van der Waals surface area (Å²) in [5.74, 6) is 3.48. The molecule has 2 heteroatoms. The monoisotopic (exact) mass is 149 g/mol. The number of hydrogen-bond acceptors (Lipinski definition) is 2. The van der Waals surface area contributed by atoms with Crippen LogP contribution in [-0.2, 0) is 6.54 Å². The number of furan rings is 1. The van der Waals surface area contributed by atoms with Crippen molar-refractivity contribution in [3.05, 3.63) is 24.2 Å². The topological polar surface area (TPSA) is 25.2 Å². The van der Waals surface area contributed by atoms with Gasteiger partial charge in [-0.05, 0) is 19.1 Å². The Morgan fingerprint density at radius 1 is 1.82 bits per heavy atom. The molecule has 1 atom stereocenters. The Bertz CT molecular complexity index is 233. The molecule has 1 N–H and O–H groups in total. The van der Waals surface area contributed by atoms with Crippen LogP contribution in [0.5, 0.6) is 0 Å². The van der Waals surface area contributed by atoms with Gasteiger partial charge >= 0.3 is 0 Å². The Morgan fingerprint density at radius 2 is 2.64 bits per heavy atom. The van der Waals surface area contributed by atoms with E-state index in [1.165, 1.54) is 0 Å². The van der Waals surface area contributed by atoms with E-state index in [2.05, 4.69) is 11.2 Å². The number of terminal acetylenes is 1. The highest BCUT2D eigenvalue weighted by Crippen LogP contribution is 1.98. The molecule has 1 rings (SSSR count). The number of rotatable bonds is 3. The SMILES string of the molecule is C#CC(C)NCc1ccco1. The first-order chi connectivity index (χ1) is 5.33. The average Bonchev–Trinajstić information content (AvgIpc) is 2.52. The third-order valence-corrected chi connectivity index (χ3v) is 1.41. The normalized spacial score (nSPS) is 12.4. The van der Waals surface area contributed by atoms with Crippen molar-refractivity contribution in [2.24, 2.45) is 0 Å². The van der Waals surface area contributed by atoms with Crippen molar-refractivity contribution >= 4 is 0 Å². The highest BCUT2D eigenvalue weighted by Gasteiger charge is 1.97. The predicted octanol–water partition coefficient (Wildman–Crippen LogP) is 1.39. The van der Waals surface area contributed by atoms with Crippen molar-refractivity contribution in [1.82, 2.24) is 5.32 Å². The minimum Gasteiger partial charge on any atom is -0.468 e. The molecule has 0 spiro atoms. The molecule has 1 heterocycles. The summed E-state index contributed by atoms with van der Waals surface area (Å²) >= 11 is 0. The minimum absolute atomic E-state index is 0.0973. The van der Waals surface area contributed by atoms with E-state index in [4.69, 9.17) is 10.8 Å². The predicted molar refractivity (Wildman–Crippen MR) is 43.8 cm³/mol. The molecule has 1 aromatic heterocycles. The molecular weight excluding hydrogens is 138 g/mol. The van der Waals surface area contributed by atoms with Gasteiger partial charge in [0.15, 0.2) is 0 Å². The third-order valence-electron chi connectivity index (χ3n) is 1.41. The lowest BCUT2D eigenvalue weighted by molar-refractivity contribution is 0.477. The Labute approximate surface area is 66.6 Å². The van der Waals surface area contributed by atoms with Gasteiger partial charge in [-0.15, -0.1) is 6.42 Å². The largest absolute Gasteiger partial charge is 0.468 e. The molecule has 0 aromatic carbocycles. The summed E-state index contributed by atoms with van der Waals surface area (Å²) in [6, 6.07) is 3.87. The fourth-order valence-corrected chi connectivity index (χ4v) is 0.726. The molecule has 0 aliphatic carbocycles. The summed E-state index contributed by atoms with van der Waals surface area (Å²) in [5, 5.41) is 3.10. The van der Waals surface area contributed by atoms with Crippen LogP contribution in [0.4, 0.5) is 0 Å². The molecule has 58 valence electrons. The van der Waals surface area contributed by atoms with Crippen molar-refractivity contribution < 1.29 is 4.42 Å². The van der Waals surface area contributed by atoms with Gasteiger partial charge in [0.05, 0.1) is 18.8 Å². The lowest BCUT2D eigenvalue weighted by Gasteiger charge is -2.03. The second-order valence-electron chi connectivity index (χ2n) is 2.35. The highest BCUT2D eigenvalue weighted by molar-refractivity contribution is 5.01. The molecule has 0 aliphatic rings. The van der Waals surface area contributed by atoms with Crippen molar-refractivity contribution in [1.29, 1.82) is 0 Å². The van der Waals surface area contributed by atoms with Crippen LogP contribution in [0.2, 0.25) is 0 Å². The van der Waals surface area contributed by atoms with Crippen LogP contribution in [0.25, 0.3) is 0 Å². The van der Waals surface area contributed by atoms with E-state index in [1.54, 1.807) is 6.26 Å². The van der Waals surface area contributed by atoms with Crippen LogP contribution < -0.4 is 5.32 Å². The van der Waals surface area contributed by atoms with Gasteiger partial charge in [0.1, 0.15) is 5.76 Å². The summed E-state index contributed by atoms with van der Waals surface area (Å²) in [6.45, 7) is 2.63. The standard InChI is InChI=1S/C9H11NO/c1-3-8(2)10-7-9-5-4-6-11-9/h1,4-6,8,10H,7H2,2H3. The number of nitrogens with one attached hydrogen (secondary N) is 1. The third kappa shape index (κ3) is 2.48. The fraction of sp³-hybridized carbons (Fsp3) is 0.333. The van der Waals surface area contributed by atoms with Gasteiger partial charge in [0.25, 0.3) is 0 Å². The summed E-state index contributed by atoms with van der Waals surface area (Å²) in [6.07, 6.45) is 6.82. The molecule has 0 bridgehead atoms. The molecule has 0 radical (unpaired) electrons. The van der Waals surface area contributed by atoms with Crippen LogP contribution in [0.3, 0.4) is 0 Å². The second-order valence-corrected chi connectivity index (χ2v) is 2.35. The van der Waals surface area contributed by atoms with Crippen molar-refractivity contribution in [3.8, 4) is 12.3 Å². The van der Waals surface area contributed by atoms with Crippen molar-refractivity contribution in [2.75, 3.05) is 0 Å². The smallest absolute Gasteiger partial charge is 0.117 e. The quantitative estimate of drug-likeness (QED) is 0.657. The van der Waals surface area contributed by atoms with Crippen LogP contribution in [0.15, 0.2) is 22.8 Å². The van der Waals surface area contributed by atoms with Crippen molar-refractivity contribution in [2.45, 2.75) is 19.5 Å². The molecule has 0 amide bonds. The summed E-state index contributed by atoms with van der Waals surface area (Å²) in [5.41, 5.74) is 0. The Balaban J connectivity index is 2.30. The van der Waals surface area contributed by atoms with Crippen molar-refractivity contribution in [3.63, 3.8) is 0 Å². The second kappa shape index (κ2) is 3.85. The van der Waals surface area contributed by atoms with Gasteiger partial charge in [-0.25, -0.2) is 0 Å². The van der Waals surface area contributed by atoms with E-state index in [0.717, 1.165) is 5.76 Å². The molecule has 11 heavy (non-hydrogen) atoms. The van der Waals surface area contributed by atoms with Gasteiger partial charge in [-0.3, -0.25) is 5.32 Å². The van der Waals surface area contributed by atoms with E-state index in [1.807, 2.05) is 19.1 Å². The lowest BCUT2D eigenvalue weighted by Crippen LogP contribution is -2.23. The fourth-order valence-electron chi connectivity index (χ4n) is 0.726. The zero-order valence-corrected chi connectivity index (χ0v) is 6.50. The van der Waals surface area contributed by atoms with E-state index in [0.29, 0.717) is 6.54 Å². The molecule has 1 aromatic rings. The maximum absolute atomic E-state index is 5.17. The molecule has 1 unspecified atom stereocenters. The Morgan fingerprint density at radius 3 is 3.18 bits per heavy atom. The molecule has 0 saturated heterocycles. The maximum Gasteiger partial charge on any atom is 0.117 e. The average molecular weight is 149 g/mol. The van der Waals surface area contributed by atoms with Crippen LogP contribution in [0.1, 0.15) is 12.7 Å². The number of hydrogen-bond donors (Lipinski definition) is 1. The minimum atomic E-state index is 0.0973. The maximum atomic E-state index is 5.17. The summed E-state index contributed by atoms with van der Waals surface area (Å²) < 4.78 is 5.10. The van der Waals surface area contributed by atoms with E-state index in [-0.39, 0.29) is 6.04 Å². The summed E-state index contributed by atoms with van der Waals surface area (Å²) in [7, 11) is 0. The van der Waals surface area contributed by atoms with Crippen LogP contribution in [0, 0.1) is 12.3 Å². The van der Waals surface area contributed by atoms with E-state index >= 15 is 0 Å². The zero-order valence-electron chi connectivity index (χ0n) is 6.50. The van der Waals surface area contributed by atoms with E-state index in [9.17, 15) is 0 Å². The first-order valence-corrected chi connectivity index (χ1v) is 3.55. The molecular formula is C9H11NO. The van der Waals surface area contributed by atoms with Gasteiger partial charge in [0.2, 0.25) is 0 Å². The Hall–Kier alpha value is -1.20. The molecule has 0 fully saturated rings. The van der Waals surface area contributed by atoms with Gasteiger partial charge in [-0.2, -0.15) is 0 Å². The van der Waals surface area contributed by atoms with Crippen LogP contribution in [-0.4, -0.2) is 6.04 Å². The Kier molecular flexibility index (Phi) is 2.76. The van der Waals surface area contributed by atoms with Gasteiger partial charge in [-0.1, -0.05) is 5.92 Å². The van der Waals surface area contributed by atoms with Gasteiger partial charge < -0.3 is 4.42 Å². The highest BCUT2D eigenvalue weighted by atomic mass is 16.3.